The Morgan fingerprint density at radius 2 is 2.13 bits per heavy atom. The summed E-state index contributed by atoms with van der Waals surface area (Å²) in [4.78, 5) is 13.7. The van der Waals surface area contributed by atoms with Gasteiger partial charge in [0.15, 0.2) is 0 Å². The molecule has 1 N–H and O–H groups in total. The summed E-state index contributed by atoms with van der Waals surface area (Å²) in [6, 6.07) is 2.06. The molecule has 1 aliphatic heterocycles. The van der Waals surface area contributed by atoms with Gasteiger partial charge in [0, 0.05) is 13.1 Å². The van der Waals surface area contributed by atoms with Crippen LogP contribution in [0.15, 0.2) is 11.4 Å². The Hall–Kier alpha value is -1.03. The molecule has 2 heterocycles. The lowest BCUT2D eigenvalue weighted by molar-refractivity contribution is 0.200. The number of urea groups is 1. The minimum atomic E-state index is 0.0524. The summed E-state index contributed by atoms with van der Waals surface area (Å²) in [5.41, 5.74) is 1.20. The van der Waals surface area contributed by atoms with Gasteiger partial charge < -0.3 is 4.90 Å². The normalized spacial score (nSPS) is 16.5. The van der Waals surface area contributed by atoms with Crippen LogP contribution in [-0.4, -0.2) is 24.0 Å². The van der Waals surface area contributed by atoms with Gasteiger partial charge in [0.1, 0.15) is 0 Å². The van der Waals surface area contributed by atoms with E-state index < -0.39 is 0 Å². The van der Waals surface area contributed by atoms with Crippen molar-refractivity contribution in [3.63, 3.8) is 0 Å². The fourth-order valence-corrected chi connectivity index (χ4v) is 2.56. The van der Waals surface area contributed by atoms with Crippen LogP contribution in [0, 0.1) is 6.92 Å². The summed E-state index contributed by atoms with van der Waals surface area (Å²) >= 11 is 1.58. The molecule has 1 aliphatic rings. The Balaban J connectivity index is 1.91. The van der Waals surface area contributed by atoms with Crippen LogP contribution in [0.2, 0.25) is 0 Å². The van der Waals surface area contributed by atoms with Gasteiger partial charge in [0.05, 0.1) is 5.00 Å². The van der Waals surface area contributed by atoms with Gasteiger partial charge >= 0.3 is 6.03 Å². The zero-order valence-electron chi connectivity index (χ0n) is 8.95. The summed E-state index contributed by atoms with van der Waals surface area (Å²) in [5, 5.41) is 5.93. The molecular weight excluding hydrogens is 208 g/mol. The predicted octanol–water partition coefficient (Wildman–Crippen LogP) is 3.07. The van der Waals surface area contributed by atoms with Crippen LogP contribution in [0.25, 0.3) is 0 Å². The first-order valence-corrected chi connectivity index (χ1v) is 6.25. The van der Waals surface area contributed by atoms with Gasteiger partial charge in [-0.2, -0.15) is 0 Å². The first kappa shape index (κ1) is 10.5. The Bertz CT molecular complexity index is 342. The Morgan fingerprint density at radius 3 is 2.73 bits per heavy atom. The van der Waals surface area contributed by atoms with Crippen molar-refractivity contribution < 1.29 is 4.79 Å². The zero-order chi connectivity index (χ0) is 10.7. The lowest BCUT2D eigenvalue weighted by Crippen LogP contribution is -2.38. The molecule has 0 aromatic carbocycles. The number of aryl methyl sites for hydroxylation is 1. The molecule has 3 nitrogen and oxygen atoms in total. The van der Waals surface area contributed by atoms with E-state index in [1.807, 2.05) is 23.3 Å². The Morgan fingerprint density at radius 1 is 1.40 bits per heavy atom. The predicted molar refractivity (Wildman–Crippen MR) is 63.5 cm³/mol. The van der Waals surface area contributed by atoms with Crippen LogP contribution >= 0.6 is 11.3 Å². The quantitative estimate of drug-likeness (QED) is 0.781. The van der Waals surface area contributed by atoms with Gasteiger partial charge in [0.2, 0.25) is 0 Å². The van der Waals surface area contributed by atoms with Crippen molar-refractivity contribution in [2.24, 2.45) is 0 Å². The van der Waals surface area contributed by atoms with E-state index in [1.165, 1.54) is 12.0 Å². The molecule has 0 saturated carbocycles. The van der Waals surface area contributed by atoms with Crippen LogP contribution < -0.4 is 5.32 Å². The maximum Gasteiger partial charge on any atom is 0.322 e. The molecule has 0 bridgehead atoms. The fraction of sp³-hybridized carbons (Fsp3) is 0.545. The second-order valence-electron chi connectivity index (χ2n) is 3.97. The number of hydrogen-bond donors (Lipinski definition) is 1. The number of hydrogen-bond acceptors (Lipinski definition) is 2. The number of rotatable bonds is 1. The average Bonchev–Trinajstić information content (AvgIpc) is 2.65. The van der Waals surface area contributed by atoms with Crippen molar-refractivity contribution in [1.29, 1.82) is 0 Å². The van der Waals surface area contributed by atoms with E-state index in [9.17, 15) is 4.79 Å². The van der Waals surface area contributed by atoms with Crippen molar-refractivity contribution >= 4 is 22.4 Å². The van der Waals surface area contributed by atoms with Crippen LogP contribution in [0.1, 0.15) is 24.8 Å². The van der Waals surface area contributed by atoms with Crippen molar-refractivity contribution in [2.75, 3.05) is 18.4 Å². The number of nitrogens with one attached hydrogen (secondary N) is 1. The number of likely N-dealkylation sites (tertiary alicyclic amines) is 1. The van der Waals surface area contributed by atoms with Crippen molar-refractivity contribution in [3.8, 4) is 0 Å². The van der Waals surface area contributed by atoms with Gasteiger partial charge in [0.25, 0.3) is 0 Å². The van der Waals surface area contributed by atoms with E-state index in [4.69, 9.17) is 0 Å². The number of carbonyl (C=O) groups excluding carboxylic acids is 1. The lowest BCUT2D eigenvalue weighted by atomic mass is 10.1. The molecule has 0 aliphatic carbocycles. The first-order valence-electron chi connectivity index (χ1n) is 5.37. The van der Waals surface area contributed by atoms with Crippen molar-refractivity contribution in [3.05, 3.63) is 17.0 Å². The fourth-order valence-electron chi connectivity index (χ4n) is 1.78. The molecular formula is C11H16N2OS. The van der Waals surface area contributed by atoms with E-state index >= 15 is 0 Å². The first-order chi connectivity index (χ1) is 7.25. The van der Waals surface area contributed by atoms with E-state index in [0.29, 0.717) is 0 Å². The molecule has 82 valence electrons. The van der Waals surface area contributed by atoms with Crippen molar-refractivity contribution in [1.82, 2.24) is 4.90 Å². The topological polar surface area (TPSA) is 32.3 Å². The molecule has 0 atom stereocenters. The summed E-state index contributed by atoms with van der Waals surface area (Å²) < 4.78 is 0. The van der Waals surface area contributed by atoms with E-state index in [0.717, 1.165) is 30.9 Å². The highest BCUT2D eigenvalue weighted by molar-refractivity contribution is 7.14. The average molecular weight is 224 g/mol. The number of nitrogens with zero attached hydrogens (tertiary/aromatic N) is 1. The summed E-state index contributed by atoms with van der Waals surface area (Å²) in [5.74, 6) is 0. The third-order valence-electron chi connectivity index (χ3n) is 2.60. The molecule has 15 heavy (non-hydrogen) atoms. The smallest absolute Gasteiger partial charge is 0.322 e. The standard InChI is InChI=1S/C11H16N2OS/c1-9-7-10(15-8-9)12-11(14)13-5-3-2-4-6-13/h7-8H,2-6H2,1H3,(H,12,14). The largest absolute Gasteiger partial charge is 0.325 e. The zero-order valence-corrected chi connectivity index (χ0v) is 9.77. The van der Waals surface area contributed by atoms with E-state index in [2.05, 4.69) is 5.32 Å². The monoisotopic (exact) mass is 224 g/mol. The molecule has 1 fully saturated rings. The summed E-state index contributed by atoms with van der Waals surface area (Å²) in [6.07, 6.45) is 3.52. The highest BCUT2D eigenvalue weighted by Gasteiger charge is 2.16. The third-order valence-corrected chi connectivity index (χ3v) is 3.57. The van der Waals surface area contributed by atoms with E-state index in [1.54, 1.807) is 11.3 Å². The molecule has 0 spiro atoms. The van der Waals surface area contributed by atoms with Crippen molar-refractivity contribution in [2.45, 2.75) is 26.2 Å². The second kappa shape index (κ2) is 4.66. The number of thiophene rings is 1. The Labute approximate surface area is 94.1 Å². The SMILES string of the molecule is Cc1csc(NC(=O)N2CCCCC2)c1. The molecule has 1 aromatic rings. The number of amides is 2. The molecule has 1 aromatic heterocycles. The van der Waals surface area contributed by atoms with Crippen LogP contribution in [0.5, 0.6) is 0 Å². The summed E-state index contributed by atoms with van der Waals surface area (Å²) in [6.45, 7) is 3.83. The maximum absolute atomic E-state index is 11.8. The highest BCUT2D eigenvalue weighted by atomic mass is 32.1. The number of anilines is 1. The maximum atomic E-state index is 11.8. The van der Waals surface area contributed by atoms with Crippen LogP contribution in [-0.2, 0) is 0 Å². The number of carbonyl (C=O) groups is 1. The van der Waals surface area contributed by atoms with E-state index in [-0.39, 0.29) is 6.03 Å². The lowest BCUT2D eigenvalue weighted by Gasteiger charge is -2.26. The summed E-state index contributed by atoms with van der Waals surface area (Å²) in [7, 11) is 0. The number of piperidine rings is 1. The van der Waals surface area contributed by atoms with Gasteiger partial charge in [-0.15, -0.1) is 11.3 Å². The highest BCUT2D eigenvalue weighted by Crippen LogP contribution is 2.20. The molecule has 2 amide bonds. The van der Waals surface area contributed by atoms with Gasteiger partial charge in [-0.1, -0.05) is 0 Å². The molecule has 1 saturated heterocycles. The minimum Gasteiger partial charge on any atom is -0.325 e. The van der Waals surface area contributed by atoms with Gasteiger partial charge in [-0.05, 0) is 43.2 Å². The van der Waals surface area contributed by atoms with Gasteiger partial charge in [-0.25, -0.2) is 4.79 Å². The minimum absolute atomic E-state index is 0.0524. The van der Waals surface area contributed by atoms with Crippen LogP contribution in [0.3, 0.4) is 0 Å². The molecule has 0 unspecified atom stereocenters. The Kier molecular flexibility index (Phi) is 3.26. The molecule has 0 radical (unpaired) electrons. The van der Waals surface area contributed by atoms with Gasteiger partial charge in [-0.3, -0.25) is 5.32 Å². The molecule has 4 heteroatoms. The third kappa shape index (κ3) is 2.72. The second-order valence-corrected chi connectivity index (χ2v) is 4.88. The van der Waals surface area contributed by atoms with Crippen LogP contribution in [0.4, 0.5) is 9.80 Å². The molecule has 2 rings (SSSR count).